The summed E-state index contributed by atoms with van der Waals surface area (Å²) in [5, 5.41) is 2.95. The Labute approximate surface area is 172 Å². The van der Waals surface area contributed by atoms with Gasteiger partial charge in [-0.3, -0.25) is 10.3 Å². The molecule has 1 aromatic carbocycles. The molecule has 1 aliphatic rings. The third kappa shape index (κ3) is 5.09. The van der Waals surface area contributed by atoms with Gasteiger partial charge in [0.2, 0.25) is 0 Å². The van der Waals surface area contributed by atoms with Crippen molar-refractivity contribution in [2.24, 2.45) is 4.99 Å². The van der Waals surface area contributed by atoms with E-state index in [4.69, 9.17) is 4.74 Å². The number of thioether (sulfide) groups is 1. The number of benzene rings is 1. The minimum absolute atomic E-state index is 0.193. The lowest BCUT2D eigenvalue weighted by atomic mass is 9.87. The first-order chi connectivity index (χ1) is 13.6. The number of hydrogen-bond donors (Lipinski definition) is 1. The van der Waals surface area contributed by atoms with Crippen molar-refractivity contribution in [2.75, 3.05) is 5.75 Å². The van der Waals surface area contributed by atoms with E-state index in [9.17, 15) is 13.6 Å². The van der Waals surface area contributed by atoms with Crippen LogP contribution in [0.3, 0.4) is 0 Å². The molecule has 0 saturated heterocycles. The summed E-state index contributed by atoms with van der Waals surface area (Å²) in [5.74, 6) is -0.796. The van der Waals surface area contributed by atoms with E-state index < -0.39 is 28.9 Å². The zero-order chi connectivity index (χ0) is 21.2. The fourth-order valence-corrected chi connectivity index (χ4v) is 4.04. The molecule has 154 valence electrons. The van der Waals surface area contributed by atoms with Crippen LogP contribution in [-0.4, -0.2) is 32.6 Å². The average Bonchev–Trinajstić information content (AvgIpc) is 2.60. The molecule has 0 aliphatic carbocycles. The molecule has 1 amide bonds. The van der Waals surface area contributed by atoms with Gasteiger partial charge in [0.1, 0.15) is 23.6 Å². The Bertz CT molecular complexity index is 947. The molecule has 0 unspecified atom stereocenters. The molecule has 6 nitrogen and oxygen atoms in total. The number of aliphatic imine (C=N–C) groups is 1. The maximum atomic E-state index is 14.7. The second-order valence-electron chi connectivity index (χ2n) is 7.86. The van der Waals surface area contributed by atoms with Gasteiger partial charge >= 0.3 is 6.09 Å². The molecule has 29 heavy (non-hydrogen) atoms. The molecular weight excluding hydrogens is 398 g/mol. The van der Waals surface area contributed by atoms with E-state index in [2.05, 4.69) is 20.3 Å². The molecule has 0 bridgehead atoms. The number of nitrogens with zero attached hydrogens (tertiary/aromatic N) is 3. The van der Waals surface area contributed by atoms with Crippen LogP contribution in [0.5, 0.6) is 0 Å². The minimum atomic E-state index is -0.974. The van der Waals surface area contributed by atoms with Crippen molar-refractivity contribution in [3.63, 3.8) is 0 Å². The first-order valence-corrected chi connectivity index (χ1v) is 10.0. The van der Waals surface area contributed by atoms with Crippen molar-refractivity contribution < 1.29 is 18.3 Å². The molecular formula is C20H22F2N4O2S. The van der Waals surface area contributed by atoms with Crippen molar-refractivity contribution in [3.8, 4) is 11.1 Å². The van der Waals surface area contributed by atoms with Crippen LogP contribution in [0.2, 0.25) is 0 Å². The van der Waals surface area contributed by atoms with Crippen LogP contribution < -0.4 is 5.32 Å². The van der Waals surface area contributed by atoms with Gasteiger partial charge in [0.15, 0.2) is 5.17 Å². The highest BCUT2D eigenvalue weighted by molar-refractivity contribution is 8.13. The van der Waals surface area contributed by atoms with Crippen molar-refractivity contribution in [1.29, 1.82) is 0 Å². The second-order valence-corrected chi connectivity index (χ2v) is 8.94. The number of amides is 1. The Morgan fingerprint density at radius 1 is 1.21 bits per heavy atom. The number of rotatable bonds is 2. The highest BCUT2D eigenvalue weighted by Gasteiger charge is 2.34. The predicted molar refractivity (Wildman–Crippen MR) is 109 cm³/mol. The van der Waals surface area contributed by atoms with Crippen LogP contribution in [0, 0.1) is 11.6 Å². The summed E-state index contributed by atoms with van der Waals surface area (Å²) < 4.78 is 34.4. The van der Waals surface area contributed by atoms with E-state index in [1.165, 1.54) is 36.5 Å². The lowest BCUT2D eigenvalue weighted by Gasteiger charge is -2.31. The lowest BCUT2D eigenvalue weighted by molar-refractivity contribution is 0.0564. The highest BCUT2D eigenvalue weighted by Crippen LogP contribution is 2.39. The Morgan fingerprint density at radius 3 is 2.55 bits per heavy atom. The number of carbonyl (C=O) groups excluding carboxylic acids is 1. The fraction of sp³-hybridized carbons (Fsp3) is 0.400. The summed E-state index contributed by atoms with van der Waals surface area (Å²) in [6.45, 7) is 7.03. The van der Waals surface area contributed by atoms with Crippen LogP contribution in [0.1, 0.15) is 39.7 Å². The van der Waals surface area contributed by atoms with Crippen LogP contribution in [0.15, 0.2) is 35.8 Å². The topological polar surface area (TPSA) is 76.5 Å². The molecule has 0 spiro atoms. The average molecular weight is 420 g/mol. The van der Waals surface area contributed by atoms with Crippen molar-refractivity contribution >= 4 is 23.0 Å². The van der Waals surface area contributed by atoms with Gasteiger partial charge in [-0.1, -0.05) is 11.8 Å². The molecule has 1 aromatic heterocycles. The Balaban J connectivity index is 1.95. The van der Waals surface area contributed by atoms with Crippen molar-refractivity contribution in [3.05, 3.63) is 48.1 Å². The van der Waals surface area contributed by atoms with E-state index in [0.29, 0.717) is 22.9 Å². The van der Waals surface area contributed by atoms with E-state index in [1.54, 1.807) is 27.7 Å². The number of ether oxygens (including phenoxy) is 1. The number of carbonyl (C=O) groups is 1. The van der Waals surface area contributed by atoms with Crippen LogP contribution in [0.4, 0.5) is 13.6 Å². The van der Waals surface area contributed by atoms with Crippen LogP contribution in [-0.2, 0) is 10.3 Å². The number of amidine groups is 1. The van der Waals surface area contributed by atoms with E-state index in [-0.39, 0.29) is 11.1 Å². The lowest BCUT2D eigenvalue weighted by Crippen LogP contribution is -2.38. The molecule has 1 atom stereocenters. The smallest absolute Gasteiger partial charge is 0.413 e. The fourth-order valence-electron chi connectivity index (χ4n) is 2.93. The molecule has 2 aromatic rings. The van der Waals surface area contributed by atoms with E-state index in [0.717, 1.165) is 6.07 Å². The molecule has 0 radical (unpaired) electrons. The first kappa shape index (κ1) is 21.2. The number of alkyl carbamates (subject to hydrolysis) is 1. The SMILES string of the molecule is CC(C)(C)OC(=O)NC1=N[C@](C)(c2cc(-c3cncnc3)c(F)cc2F)CCS1. The van der Waals surface area contributed by atoms with Gasteiger partial charge in [0, 0.05) is 40.9 Å². The van der Waals surface area contributed by atoms with Gasteiger partial charge in [-0.05, 0) is 40.2 Å². The number of aromatic nitrogens is 2. The number of nitrogens with one attached hydrogen (secondary N) is 1. The Morgan fingerprint density at radius 2 is 1.90 bits per heavy atom. The summed E-state index contributed by atoms with van der Waals surface area (Å²) in [4.78, 5) is 24.4. The maximum absolute atomic E-state index is 14.7. The normalized spacial score (nSPS) is 19.4. The summed E-state index contributed by atoms with van der Waals surface area (Å²) in [5.41, 5.74) is -0.753. The summed E-state index contributed by atoms with van der Waals surface area (Å²) >= 11 is 1.35. The third-order valence-electron chi connectivity index (χ3n) is 4.29. The van der Waals surface area contributed by atoms with E-state index >= 15 is 0 Å². The van der Waals surface area contributed by atoms with Gasteiger partial charge < -0.3 is 4.74 Å². The largest absolute Gasteiger partial charge is 0.444 e. The Kier molecular flexibility index (Phi) is 5.88. The molecule has 0 fully saturated rings. The van der Waals surface area contributed by atoms with Gasteiger partial charge in [0.05, 0.1) is 5.54 Å². The number of halogens is 2. The second kappa shape index (κ2) is 8.06. The zero-order valence-corrected chi connectivity index (χ0v) is 17.4. The summed E-state index contributed by atoms with van der Waals surface area (Å²) in [6, 6.07) is 2.29. The highest BCUT2D eigenvalue weighted by atomic mass is 32.2. The molecule has 1 N–H and O–H groups in total. The summed E-state index contributed by atoms with van der Waals surface area (Å²) in [6.07, 6.45) is 4.15. The zero-order valence-electron chi connectivity index (χ0n) is 16.6. The quantitative estimate of drug-likeness (QED) is 0.765. The predicted octanol–water partition coefficient (Wildman–Crippen LogP) is 4.65. The van der Waals surface area contributed by atoms with Gasteiger partial charge in [-0.2, -0.15) is 0 Å². The van der Waals surface area contributed by atoms with Crippen LogP contribution >= 0.6 is 11.8 Å². The van der Waals surface area contributed by atoms with Gasteiger partial charge in [-0.15, -0.1) is 0 Å². The minimum Gasteiger partial charge on any atom is -0.444 e. The summed E-state index contributed by atoms with van der Waals surface area (Å²) in [7, 11) is 0. The van der Waals surface area contributed by atoms with Crippen LogP contribution in [0.25, 0.3) is 11.1 Å². The molecule has 3 rings (SSSR count). The molecule has 2 heterocycles. The monoisotopic (exact) mass is 420 g/mol. The third-order valence-corrected chi connectivity index (χ3v) is 5.17. The molecule has 9 heteroatoms. The number of hydrogen-bond acceptors (Lipinski definition) is 6. The molecule has 0 saturated carbocycles. The molecule has 1 aliphatic heterocycles. The maximum Gasteiger partial charge on any atom is 0.413 e. The Hall–Kier alpha value is -2.55. The first-order valence-electron chi connectivity index (χ1n) is 9.05. The van der Waals surface area contributed by atoms with Crippen molar-refractivity contribution in [2.45, 2.75) is 45.3 Å². The standard InChI is InChI=1S/C20H22F2N4O2S/c1-19(2,3)28-18(27)25-17-26-20(4,5-6-29-17)14-7-13(15(21)8-16(14)22)12-9-23-11-24-10-12/h7-11H,5-6H2,1-4H3,(H,25,26,27)/t20-/m0/s1. The van der Waals surface area contributed by atoms with Crippen molar-refractivity contribution in [1.82, 2.24) is 15.3 Å². The van der Waals surface area contributed by atoms with Gasteiger partial charge in [-0.25, -0.2) is 23.5 Å². The van der Waals surface area contributed by atoms with Gasteiger partial charge in [0.25, 0.3) is 0 Å². The van der Waals surface area contributed by atoms with E-state index in [1.807, 2.05) is 0 Å².